The van der Waals surface area contributed by atoms with Crippen molar-refractivity contribution in [3.05, 3.63) is 60.7 Å². The van der Waals surface area contributed by atoms with Crippen LogP contribution in [0.2, 0.25) is 30.7 Å². The predicted molar refractivity (Wildman–Crippen MR) is 144 cm³/mol. The van der Waals surface area contributed by atoms with Crippen molar-refractivity contribution < 1.29 is 29.9 Å². The molecular weight excluding hydrogens is 476 g/mol. The van der Waals surface area contributed by atoms with Crippen LogP contribution >= 0.6 is 0 Å². The first-order valence-electron chi connectivity index (χ1n) is 12.4. The van der Waals surface area contributed by atoms with Crippen molar-refractivity contribution in [2.45, 2.75) is 87.9 Å². The number of hydrogen-bond donors (Lipinski definition) is 4. The van der Waals surface area contributed by atoms with Crippen LogP contribution in [-0.4, -0.2) is 79.6 Å². The molecule has 0 aliphatic carbocycles. The Morgan fingerprint density at radius 2 is 1.31 bits per heavy atom. The molecule has 1 unspecified atom stereocenters. The van der Waals surface area contributed by atoms with Gasteiger partial charge in [-0.15, -0.1) is 0 Å². The summed E-state index contributed by atoms with van der Waals surface area (Å²) in [7, 11) is -4.49. The number of aliphatic hydroxyl groups excluding tert-OH is 4. The van der Waals surface area contributed by atoms with Gasteiger partial charge in [-0.2, -0.15) is 0 Å². The molecule has 0 aromatic heterocycles. The highest BCUT2D eigenvalue weighted by Gasteiger charge is 2.59. The van der Waals surface area contributed by atoms with E-state index >= 15 is 0 Å². The summed E-state index contributed by atoms with van der Waals surface area (Å²) >= 11 is 0. The number of ether oxygens (including phenoxy) is 2. The van der Waals surface area contributed by atoms with Gasteiger partial charge in [0.25, 0.3) is 0 Å². The van der Waals surface area contributed by atoms with Crippen molar-refractivity contribution in [2.75, 3.05) is 6.61 Å². The van der Waals surface area contributed by atoms with Gasteiger partial charge in [0.1, 0.15) is 24.4 Å². The lowest BCUT2D eigenvalue weighted by Gasteiger charge is -2.52. The van der Waals surface area contributed by atoms with E-state index in [2.05, 4.69) is 40.4 Å². The standard InChI is InChI=1S/C27H42O6Si2/c1-27(2,3)35(19-13-9-7-10-14-19,20-15-11-8-12-16-20)25(31)24-22(29)21(28)23(30)26(33-24)32-17-18-34(4,5)6/h7-16,21-26,28-31H,17-18H2,1-6H3/t21-,22+,23+,24-,25?,26-/m0/s1. The van der Waals surface area contributed by atoms with E-state index in [1.165, 1.54) is 0 Å². The monoisotopic (exact) mass is 518 g/mol. The molecule has 6 atom stereocenters. The first-order chi connectivity index (χ1) is 16.3. The third kappa shape index (κ3) is 5.80. The number of benzene rings is 2. The van der Waals surface area contributed by atoms with E-state index in [0.29, 0.717) is 6.61 Å². The van der Waals surface area contributed by atoms with Crippen molar-refractivity contribution >= 4 is 26.5 Å². The van der Waals surface area contributed by atoms with Crippen LogP contribution in [-0.2, 0) is 9.47 Å². The van der Waals surface area contributed by atoms with Gasteiger partial charge in [-0.05, 0) is 11.1 Å². The van der Waals surface area contributed by atoms with E-state index in [-0.39, 0.29) is 0 Å². The Balaban J connectivity index is 2.07. The summed E-state index contributed by atoms with van der Waals surface area (Å²) in [6.45, 7) is 13.4. The lowest BCUT2D eigenvalue weighted by atomic mass is 9.99. The average Bonchev–Trinajstić information content (AvgIpc) is 2.79. The smallest absolute Gasteiger partial charge is 0.186 e. The molecule has 2 aromatic rings. The Kier molecular flexibility index (Phi) is 8.82. The normalized spacial score (nSPS) is 27.0. The largest absolute Gasteiger partial charge is 0.393 e. The third-order valence-electron chi connectivity index (χ3n) is 7.14. The van der Waals surface area contributed by atoms with Crippen LogP contribution < -0.4 is 10.4 Å². The fourth-order valence-corrected chi connectivity index (χ4v) is 11.8. The molecule has 2 aromatic carbocycles. The zero-order chi connectivity index (χ0) is 26.0. The number of rotatable bonds is 8. The van der Waals surface area contributed by atoms with E-state index in [1.807, 2.05) is 60.7 Å². The fourth-order valence-electron chi connectivity index (χ4n) is 5.22. The maximum Gasteiger partial charge on any atom is 0.186 e. The minimum absolute atomic E-state index is 0.377. The minimum atomic E-state index is -3.10. The highest BCUT2D eigenvalue weighted by atomic mass is 28.3. The zero-order valence-electron chi connectivity index (χ0n) is 21.8. The average molecular weight is 519 g/mol. The number of hydrogen-bond acceptors (Lipinski definition) is 6. The van der Waals surface area contributed by atoms with Crippen LogP contribution in [0.1, 0.15) is 20.8 Å². The molecule has 0 spiro atoms. The van der Waals surface area contributed by atoms with Crippen LogP contribution in [0.4, 0.5) is 0 Å². The van der Waals surface area contributed by atoms with Crippen LogP contribution in [0.3, 0.4) is 0 Å². The molecule has 6 nitrogen and oxygen atoms in total. The second kappa shape index (κ2) is 10.9. The molecule has 3 rings (SSSR count). The topological polar surface area (TPSA) is 99.4 Å². The molecule has 1 aliphatic heterocycles. The van der Waals surface area contributed by atoms with Crippen LogP contribution in [0.15, 0.2) is 60.7 Å². The third-order valence-corrected chi connectivity index (χ3v) is 14.9. The van der Waals surface area contributed by atoms with Gasteiger partial charge in [-0.25, -0.2) is 0 Å². The molecular formula is C27H42O6Si2. The summed E-state index contributed by atoms with van der Waals surface area (Å²) in [5, 5.41) is 46.2. The first-order valence-corrected chi connectivity index (χ1v) is 18.2. The molecule has 1 fully saturated rings. The quantitative estimate of drug-likeness (QED) is 0.400. The van der Waals surface area contributed by atoms with E-state index < -0.39 is 57.6 Å². The van der Waals surface area contributed by atoms with Crippen LogP contribution in [0, 0.1) is 0 Å². The number of aliphatic hydroxyl groups is 4. The Morgan fingerprint density at radius 3 is 1.74 bits per heavy atom. The highest BCUT2D eigenvalue weighted by molar-refractivity contribution is 7.05. The zero-order valence-corrected chi connectivity index (χ0v) is 23.8. The van der Waals surface area contributed by atoms with Gasteiger partial charge in [0.15, 0.2) is 14.4 Å². The second-order valence-corrected chi connectivity index (χ2v) is 22.3. The molecule has 0 radical (unpaired) electrons. The molecule has 1 saturated heterocycles. The summed E-state index contributed by atoms with van der Waals surface area (Å²) in [6, 6.07) is 20.7. The summed E-state index contributed by atoms with van der Waals surface area (Å²) in [5.74, 6) is 0. The van der Waals surface area contributed by atoms with Crippen molar-refractivity contribution in [1.82, 2.24) is 0 Å². The van der Waals surface area contributed by atoms with E-state index in [9.17, 15) is 20.4 Å². The van der Waals surface area contributed by atoms with Gasteiger partial charge in [-0.3, -0.25) is 0 Å². The molecule has 0 amide bonds. The lowest BCUT2D eigenvalue weighted by molar-refractivity contribution is -0.304. The predicted octanol–water partition coefficient (Wildman–Crippen LogP) is 2.11. The van der Waals surface area contributed by atoms with Crippen molar-refractivity contribution in [1.29, 1.82) is 0 Å². The highest BCUT2D eigenvalue weighted by Crippen LogP contribution is 2.41. The second-order valence-electron chi connectivity index (χ2n) is 11.9. The fraction of sp³-hybridized carbons (Fsp3) is 0.556. The van der Waals surface area contributed by atoms with Crippen molar-refractivity contribution in [3.63, 3.8) is 0 Å². The Morgan fingerprint density at radius 1 is 0.829 bits per heavy atom. The summed E-state index contributed by atoms with van der Waals surface area (Å²) in [6.07, 6.45) is -6.66. The Bertz CT molecular complexity index is 889. The van der Waals surface area contributed by atoms with E-state index in [1.54, 1.807) is 0 Å². The molecule has 8 heteroatoms. The van der Waals surface area contributed by atoms with Crippen molar-refractivity contribution in [2.24, 2.45) is 0 Å². The first kappa shape index (κ1) is 28.2. The summed E-state index contributed by atoms with van der Waals surface area (Å²) in [5.41, 5.74) is -1.13. The van der Waals surface area contributed by atoms with E-state index in [0.717, 1.165) is 16.4 Å². The van der Waals surface area contributed by atoms with Gasteiger partial charge < -0.3 is 29.9 Å². The van der Waals surface area contributed by atoms with Crippen molar-refractivity contribution in [3.8, 4) is 0 Å². The van der Waals surface area contributed by atoms with Crippen LogP contribution in [0.5, 0.6) is 0 Å². The molecule has 0 bridgehead atoms. The maximum atomic E-state index is 12.2. The summed E-state index contributed by atoms with van der Waals surface area (Å²) < 4.78 is 12.0. The lowest BCUT2D eigenvalue weighted by Crippen LogP contribution is -2.77. The minimum Gasteiger partial charge on any atom is -0.393 e. The summed E-state index contributed by atoms with van der Waals surface area (Å²) in [4.78, 5) is 0. The van der Waals surface area contributed by atoms with Gasteiger partial charge in [-0.1, -0.05) is 111 Å². The molecule has 1 heterocycles. The van der Waals surface area contributed by atoms with Crippen LogP contribution in [0.25, 0.3) is 0 Å². The Labute approximate surface area is 211 Å². The van der Waals surface area contributed by atoms with Gasteiger partial charge in [0.2, 0.25) is 0 Å². The molecule has 0 saturated carbocycles. The van der Waals surface area contributed by atoms with Gasteiger partial charge in [0.05, 0.1) is 5.73 Å². The molecule has 194 valence electrons. The van der Waals surface area contributed by atoms with E-state index in [4.69, 9.17) is 9.47 Å². The SMILES string of the molecule is CC(C)(C)[Si](c1ccccc1)(c1ccccc1)C(O)[C@H]1O[C@H](OCC[Si](C)(C)C)[C@H](O)[C@@H](O)[C@H]1O. The Hall–Kier alpha value is -1.37. The maximum absolute atomic E-state index is 12.2. The molecule has 4 N–H and O–H groups in total. The molecule has 1 aliphatic rings. The van der Waals surface area contributed by atoms with Gasteiger partial charge >= 0.3 is 0 Å². The van der Waals surface area contributed by atoms with Gasteiger partial charge in [0, 0.05) is 14.7 Å². The molecule has 35 heavy (non-hydrogen) atoms.